The monoisotopic (exact) mass is 410 g/mol. The van der Waals surface area contributed by atoms with E-state index in [1.807, 2.05) is 27.7 Å². The third kappa shape index (κ3) is 6.21. The quantitative estimate of drug-likeness (QED) is 0.619. The number of aliphatic hydroxyl groups excluding tert-OH is 1. The molecule has 1 unspecified atom stereocenters. The van der Waals surface area contributed by atoms with E-state index in [0.717, 1.165) is 0 Å². The molecule has 1 fully saturated rings. The van der Waals surface area contributed by atoms with Gasteiger partial charge in [0.15, 0.2) is 0 Å². The fourth-order valence-corrected chi connectivity index (χ4v) is 2.70. The minimum absolute atomic E-state index is 0.136. The molecule has 2 aromatic heterocycles. The molecule has 1 saturated heterocycles. The number of nitrogens with one attached hydrogen (secondary N) is 1. The first-order valence-electron chi connectivity index (χ1n) is 10.2. The Labute approximate surface area is 176 Å². The third-order valence-corrected chi connectivity index (χ3v) is 4.02. The highest BCUT2D eigenvalue weighted by atomic mass is 19.1. The van der Waals surface area contributed by atoms with Crippen LogP contribution in [0, 0.1) is 17.7 Å². The van der Waals surface area contributed by atoms with Crippen molar-refractivity contribution in [1.82, 2.24) is 20.4 Å². The lowest BCUT2D eigenvalue weighted by Crippen LogP contribution is -2.15. The molecule has 0 radical (unpaired) electrons. The zero-order chi connectivity index (χ0) is 21.9. The summed E-state index contributed by atoms with van der Waals surface area (Å²) in [5.74, 6) is 6.34. The Balaban J connectivity index is 0.000000757. The summed E-state index contributed by atoms with van der Waals surface area (Å²) in [6.45, 7) is 8.51. The van der Waals surface area contributed by atoms with Gasteiger partial charge in [-0.2, -0.15) is 4.98 Å². The van der Waals surface area contributed by atoms with Crippen LogP contribution in [0.1, 0.15) is 57.2 Å². The van der Waals surface area contributed by atoms with E-state index in [9.17, 15) is 9.50 Å². The van der Waals surface area contributed by atoms with E-state index in [2.05, 4.69) is 32.3 Å². The second kappa shape index (κ2) is 11.8. The number of hydrogen-bond acceptors (Lipinski definition) is 6. The molecule has 1 aromatic carbocycles. The van der Waals surface area contributed by atoms with Gasteiger partial charge in [-0.25, -0.2) is 4.39 Å². The van der Waals surface area contributed by atoms with Crippen LogP contribution in [-0.2, 0) is 0 Å². The maximum atomic E-state index is 13.1. The van der Waals surface area contributed by atoms with Crippen LogP contribution < -0.4 is 5.32 Å². The minimum Gasteiger partial charge on any atom is -0.392 e. The average molecular weight is 410 g/mol. The van der Waals surface area contributed by atoms with E-state index in [-0.39, 0.29) is 11.9 Å². The molecule has 2 atom stereocenters. The van der Waals surface area contributed by atoms with E-state index in [1.54, 1.807) is 30.5 Å². The van der Waals surface area contributed by atoms with Crippen molar-refractivity contribution in [3.8, 4) is 23.4 Å². The summed E-state index contributed by atoms with van der Waals surface area (Å²) in [5, 5.41) is 16.6. The Bertz CT molecular complexity index is 977. The van der Waals surface area contributed by atoms with Crippen molar-refractivity contribution in [3.05, 3.63) is 65.4 Å². The molecule has 6 nitrogen and oxygen atoms in total. The SMILES string of the molecule is CC.CC.OC1CN[C@H](c2nc(-c3ccc(C#Cc4cccc(F)c4)cn3)no2)C1. The van der Waals surface area contributed by atoms with Crippen LogP contribution in [0.2, 0.25) is 0 Å². The molecule has 3 aromatic rings. The van der Waals surface area contributed by atoms with E-state index in [0.29, 0.717) is 41.5 Å². The highest BCUT2D eigenvalue weighted by Gasteiger charge is 2.28. The van der Waals surface area contributed by atoms with Crippen LogP contribution in [0.3, 0.4) is 0 Å². The molecule has 4 rings (SSSR count). The van der Waals surface area contributed by atoms with Gasteiger partial charge >= 0.3 is 0 Å². The maximum Gasteiger partial charge on any atom is 0.244 e. The van der Waals surface area contributed by atoms with Gasteiger partial charge in [0, 0.05) is 23.9 Å². The Morgan fingerprint density at radius 1 is 1.10 bits per heavy atom. The molecule has 0 saturated carbocycles. The molecule has 158 valence electrons. The first kappa shape index (κ1) is 23.2. The van der Waals surface area contributed by atoms with Crippen molar-refractivity contribution in [2.45, 2.75) is 46.3 Å². The van der Waals surface area contributed by atoms with Gasteiger partial charge in [0.05, 0.1) is 12.1 Å². The molecule has 1 aliphatic rings. The summed E-state index contributed by atoms with van der Waals surface area (Å²) >= 11 is 0. The van der Waals surface area contributed by atoms with Crippen molar-refractivity contribution < 1.29 is 14.0 Å². The van der Waals surface area contributed by atoms with Gasteiger partial charge in [0.25, 0.3) is 0 Å². The number of benzene rings is 1. The van der Waals surface area contributed by atoms with Gasteiger partial charge < -0.3 is 14.9 Å². The number of halogens is 1. The molecule has 7 heteroatoms. The number of rotatable bonds is 2. The van der Waals surface area contributed by atoms with Crippen molar-refractivity contribution >= 4 is 0 Å². The second-order valence-corrected chi connectivity index (χ2v) is 6.00. The maximum absolute atomic E-state index is 13.1. The number of pyridine rings is 1. The van der Waals surface area contributed by atoms with Gasteiger partial charge in [-0.15, -0.1) is 0 Å². The highest BCUT2D eigenvalue weighted by Crippen LogP contribution is 2.23. The molecule has 3 heterocycles. The van der Waals surface area contributed by atoms with Gasteiger partial charge in [-0.3, -0.25) is 4.98 Å². The average Bonchev–Trinajstić information content (AvgIpc) is 3.45. The number of nitrogens with zero attached hydrogens (tertiary/aromatic N) is 3. The molecule has 1 aliphatic heterocycles. The summed E-state index contributed by atoms with van der Waals surface area (Å²) in [5.41, 5.74) is 1.86. The van der Waals surface area contributed by atoms with Crippen molar-refractivity contribution in [3.63, 3.8) is 0 Å². The molecule has 0 amide bonds. The molecule has 0 aliphatic carbocycles. The Kier molecular flexibility index (Phi) is 9.13. The minimum atomic E-state index is -0.399. The summed E-state index contributed by atoms with van der Waals surface area (Å²) in [7, 11) is 0. The molecule has 2 N–H and O–H groups in total. The van der Waals surface area contributed by atoms with E-state index in [4.69, 9.17) is 4.52 Å². The molecule has 0 bridgehead atoms. The largest absolute Gasteiger partial charge is 0.392 e. The van der Waals surface area contributed by atoms with Crippen molar-refractivity contribution in [2.24, 2.45) is 0 Å². The van der Waals surface area contributed by atoms with Gasteiger partial charge in [-0.05, 0) is 36.8 Å². The summed E-state index contributed by atoms with van der Waals surface area (Å²) in [6.07, 6.45) is 1.75. The number of β-amino-alcohol motifs (C(OH)–C–C–N with tert-alkyl or cyclic N) is 1. The van der Waals surface area contributed by atoms with Gasteiger partial charge in [0.2, 0.25) is 11.7 Å². The first-order chi connectivity index (χ1) is 14.7. The Morgan fingerprint density at radius 3 is 2.50 bits per heavy atom. The van der Waals surface area contributed by atoms with Crippen LogP contribution in [0.4, 0.5) is 4.39 Å². The zero-order valence-corrected chi connectivity index (χ0v) is 17.7. The highest BCUT2D eigenvalue weighted by molar-refractivity contribution is 5.51. The van der Waals surface area contributed by atoms with Crippen LogP contribution >= 0.6 is 0 Å². The summed E-state index contributed by atoms with van der Waals surface area (Å²) in [6, 6.07) is 9.53. The van der Waals surface area contributed by atoms with E-state index >= 15 is 0 Å². The standard InChI is InChI=1S/C19H15FN4O2.2C2H6/c20-14-3-1-2-12(8-14)4-5-13-6-7-16(21-10-13)18-23-19(26-24-18)17-9-15(25)11-22-17;2*1-2/h1-3,6-8,10,15,17,22,25H,9,11H2;2*1-2H3/t15?,17-;;/m0../s1. The molecule has 0 spiro atoms. The number of aromatic nitrogens is 3. The van der Waals surface area contributed by atoms with Crippen molar-refractivity contribution in [2.75, 3.05) is 6.54 Å². The van der Waals surface area contributed by atoms with E-state index < -0.39 is 6.10 Å². The summed E-state index contributed by atoms with van der Waals surface area (Å²) in [4.78, 5) is 8.64. The zero-order valence-electron chi connectivity index (χ0n) is 17.7. The predicted octanol–water partition coefficient (Wildman–Crippen LogP) is 4.12. The van der Waals surface area contributed by atoms with Crippen LogP contribution in [-0.4, -0.2) is 32.9 Å². The second-order valence-electron chi connectivity index (χ2n) is 6.00. The van der Waals surface area contributed by atoms with Gasteiger partial charge in [-0.1, -0.05) is 50.8 Å². The molecule has 30 heavy (non-hydrogen) atoms. The predicted molar refractivity (Wildman–Crippen MR) is 114 cm³/mol. The fourth-order valence-electron chi connectivity index (χ4n) is 2.70. The Morgan fingerprint density at radius 2 is 1.87 bits per heavy atom. The third-order valence-electron chi connectivity index (χ3n) is 4.02. The summed E-state index contributed by atoms with van der Waals surface area (Å²) < 4.78 is 18.4. The van der Waals surface area contributed by atoms with Crippen LogP contribution in [0.15, 0.2) is 47.1 Å². The van der Waals surface area contributed by atoms with Crippen molar-refractivity contribution in [1.29, 1.82) is 0 Å². The van der Waals surface area contributed by atoms with Gasteiger partial charge in [0.1, 0.15) is 11.5 Å². The lowest BCUT2D eigenvalue weighted by molar-refractivity contribution is 0.191. The smallest absolute Gasteiger partial charge is 0.244 e. The fraction of sp³-hybridized carbons (Fsp3) is 0.348. The first-order valence-corrected chi connectivity index (χ1v) is 10.2. The number of aliphatic hydroxyl groups is 1. The molecular weight excluding hydrogens is 383 g/mol. The van der Waals surface area contributed by atoms with E-state index in [1.165, 1.54) is 12.1 Å². The van der Waals surface area contributed by atoms with Crippen LogP contribution in [0.5, 0.6) is 0 Å². The lowest BCUT2D eigenvalue weighted by atomic mass is 10.2. The topological polar surface area (TPSA) is 84.1 Å². The normalized spacial score (nSPS) is 17.0. The van der Waals surface area contributed by atoms with Crippen LogP contribution in [0.25, 0.3) is 11.5 Å². The molecular formula is C23H27FN4O2. The number of hydrogen-bond donors (Lipinski definition) is 2. The lowest BCUT2D eigenvalue weighted by Gasteiger charge is -2.01. The Hall–Kier alpha value is -3.08.